The molecule has 0 bridgehead atoms. The molecule has 0 N–H and O–H groups in total. The molecule has 0 atom stereocenters. The van der Waals surface area contributed by atoms with Crippen LogP contribution in [0, 0.1) is 17.5 Å². The summed E-state index contributed by atoms with van der Waals surface area (Å²) < 4.78 is 44.9. The number of hydrogen-bond donors (Lipinski definition) is 0. The van der Waals surface area contributed by atoms with Crippen molar-refractivity contribution in [2.45, 2.75) is 90.9 Å². The van der Waals surface area contributed by atoms with Crippen molar-refractivity contribution in [3.63, 3.8) is 0 Å². The van der Waals surface area contributed by atoms with Gasteiger partial charge in [0.05, 0.1) is 0 Å². The van der Waals surface area contributed by atoms with Gasteiger partial charge >= 0.3 is 0 Å². The molecule has 0 fully saturated rings. The van der Waals surface area contributed by atoms with Gasteiger partial charge in [-0.25, -0.2) is 13.2 Å². The van der Waals surface area contributed by atoms with Crippen molar-refractivity contribution in [2.24, 2.45) is 0 Å². The molecule has 0 unspecified atom stereocenters. The predicted octanol–water partition coefficient (Wildman–Crippen LogP) is 10.5. The lowest BCUT2D eigenvalue weighted by Gasteiger charge is -2.11. The van der Waals surface area contributed by atoms with Gasteiger partial charge in [-0.2, -0.15) is 0 Å². The van der Waals surface area contributed by atoms with E-state index in [1.807, 2.05) is 30.3 Å². The van der Waals surface area contributed by atoms with E-state index in [1.54, 1.807) is 12.1 Å². The molecule has 0 spiro atoms. The summed E-state index contributed by atoms with van der Waals surface area (Å²) in [6, 6.07) is 15.5. The van der Waals surface area contributed by atoms with Gasteiger partial charge in [0.25, 0.3) is 0 Å². The normalized spacial score (nSPS) is 11.2. The van der Waals surface area contributed by atoms with Gasteiger partial charge in [-0.3, -0.25) is 0 Å². The number of hydrogen-bond acceptors (Lipinski definition) is 0. The molecular formula is C32H39F3. The van der Waals surface area contributed by atoms with Crippen LogP contribution in [0.3, 0.4) is 0 Å². The van der Waals surface area contributed by atoms with Crippen molar-refractivity contribution in [1.82, 2.24) is 0 Å². The number of rotatable bonds is 14. The average molecular weight is 481 g/mol. The highest BCUT2D eigenvalue weighted by atomic mass is 19.2. The molecule has 0 saturated carbocycles. The molecule has 0 amide bonds. The smallest absolute Gasteiger partial charge is 0.167 e. The molecule has 0 saturated heterocycles. The van der Waals surface area contributed by atoms with Crippen LogP contribution in [0.15, 0.2) is 54.6 Å². The summed E-state index contributed by atoms with van der Waals surface area (Å²) in [5.74, 6) is -2.45. The molecule has 0 heterocycles. The van der Waals surface area contributed by atoms with Gasteiger partial charge in [0.2, 0.25) is 0 Å². The molecule has 0 aliphatic carbocycles. The van der Waals surface area contributed by atoms with E-state index in [2.05, 4.69) is 13.8 Å². The quantitative estimate of drug-likeness (QED) is 0.201. The standard InChI is InChI=1S/C32H39F3/c1-3-5-7-8-9-10-12-14-25-17-20-28(30(33)23-25)29-22-21-27(31(34)32(29)35)26-18-15-24(16-19-26)13-11-6-4-2/h15-23H,3-14H2,1-2H3. The highest BCUT2D eigenvalue weighted by molar-refractivity contribution is 5.72. The van der Waals surface area contributed by atoms with E-state index in [9.17, 15) is 4.39 Å². The minimum atomic E-state index is -1.01. The lowest BCUT2D eigenvalue weighted by molar-refractivity contribution is 0.512. The van der Waals surface area contributed by atoms with E-state index in [0.29, 0.717) is 5.56 Å². The van der Waals surface area contributed by atoms with E-state index in [4.69, 9.17) is 0 Å². The van der Waals surface area contributed by atoms with Crippen molar-refractivity contribution in [1.29, 1.82) is 0 Å². The van der Waals surface area contributed by atoms with Gasteiger partial charge in [0.1, 0.15) is 5.82 Å². The largest absolute Gasteiger partial charge is 0.206 e. The minimum absolute atomic E-state index is 0.0394. The maximum Gasteiger partial charge on any atom is 0.167 e. The Hall–Kier alpha value is -2.55. The molecule has 35 heavy (non-hydrogen) atoms. The van der Waals surface area contributed by atoms with Gasteiger partial charge in [-0.15, -0.1) is 0 Å². The Morgan fingerprint density at radius 2 is 0.971 bits per heavy atom. The van der Waals surface area contributed by atoms with Crippen molar-refractivity contribution in [2.75, 3.05) is 0 Å². The zero-order valence-electron chi connectivity index (χ0n) is 21.3. The lowest BCUT2D eigenvalue weighted by Crippen LogP contribution is -1.97. The molecule has 3 rings (SSSR count). The summed E-state index contributed by atoms with van der Waals surface area (Å²) in [6.07, 6.45) is 13.7. The van der Waals surface area contributed by atoms with Crippen molar-refractivity contribution < 1.29 is 13.2 Å². The maximum absolute atomic E-state index is 15.0. The Kier molecular flexibility index (Phi) is 10.9. The van der Waals surface area contributed by atoms with Crippen LogP contribution in [0.2, 0.25) is 0 Å². The van der Waals surface area contributed by atoms with Crippen LogP contribution in [-0.2, 0) is 12.8 Å². The van der Waals surface area contributed by atoms with Crippen molar-refractivity contribution in [3.8, 4) is 22.3 Å². The van der Waals surface area contributed by atoms with Crippen LogP contribution in [0.4, 0.5) is 13.2 Å². The van der Waals surface area contributed by atoms with Crippen LogP contribution in [0.25, 0.3) is 22.3 Å². The van der Waals surface area contributed by atoms with Gasteiger partial charge in [-0.05, 0) is 48.4 Å². The Morgan fingerprint density at radius 3 is 1.66 bits per heavy atom. The third kappa shape index (κ3) is 7.72. The molecule has 0 nitrogen and oxygen atoms in total. The van der Waals surface area contributed by atoms with Crippen LogP contribution >= 0.6 is 0 Å². The van der Waals surface area contributed by atoms with Crippen molar-refractivity contribution >= 4 is 0 Å². The first kappa shape index (κ1) is 27.0. The number of unbranched alkanes of at least 4 members (excludes halogenated alkanes) is 8. The van der Waals surface area contributed by atoms with Crippen LogP contribution < -0.4 is 0 Å². The SMILES string of the molecule is CCCCCCCCCc1ccc(-c2ccc(-c3ccc(CCCCC)cc3)c(F)c2F)c(F)c1. The third-order valence-electron chi connectivity index (χ3n) is 6.81. The summed E-state index contributed by atoms with van der Waals surface area (Å²) in [5.41, 5.74) is 2.97. The fourth-order valence-electron chi connectivity index (χ4n) is 4.63. The molecular weight excluding hydrogens is 441 g/mol. The number of aryl methyl sites for hydroxylation is 2. The molecule has 0 aromatic heterocycles. The molecule has 3 aromatic rings. The molecule has 0 aliphatic rings. The van der Waals surface area contributed by atoms with E-state index in [0.717, 1.165) is 44.1 Å². The summed E-state index contributed by atoms with van der Waals surface area (Å²) in [7, 11) is 0. The second-order valence-electron chi connectivity index (χ2n) is 9.63. The first-order chi connectivity index (χ1) is 17.0. The molecule has 0 radical (unpaired) electrons. The highest BCUT2D eigenvalue weighted by Gasteiger charge is 2.18. The fraction of sp³-hybridized carbons (Fsp3) is 0.438. The summed E-state index contributed by atoms with van der Waals surface area (Å²) in [4.78, 5) is 0. The predicted molar refractivity (Wildman–Crippen MR) is 142 cm³/mol. The third-order valence-corrected chi connectivity index (χ3v) is 6.81. The average Bonchev–Trinajstić information content (AvgIpc) is 2.86. The van der Waals surface area contributed by atoms with Gasteiger partial charge in [0, 0.05) is 16.7 Å². The van der Waals surface area contributed by atoms with E-state index >= 15 is 8.78 Å². The first-order valence-electron chi connectivity index (χ1n) is 13.4. The second-order valence-corrected chi connectivity index (χ2v) is 9.63. The number of halogens is 3. The summed E-state index contributed by atoms with van der Waals surface area (Å²) in [5, 5.41) is 0. The zero-order chi connectivity index (χ0) is 25.0. The highest BCUT2D eigenvalue weighted by Crippen LogP contribution is 2.33. The van der Waals surface area contributed by atoms with Crippen LogP contribution in [-0.4, -0.2) is 0 Å². The van der Waals surface area contributed by atoms with E-state index in [-0.39, 0.29) is 16.7 Å². The van der Waals surface area contributed by atoms with Gasteiger partial charge in [0.15, 0.2) is 11.6 Å². The molecule has 188 valence electrons. The van der Waals surface area contributed by atoms with Gasteiger partial charge in [-0.1, -0.05) is 114 Å². The van der Waals surface area contributed by atoms with Crippen molar-refractivity contribution in [3.05, 3.63) is 83.2 Å². The number of benzene rings is 3. The molecule has 0 aliphatic heterocycles. The van der Waals surface area contributed by atoms with E-state index in [1.165, 1.54) is 56.2 Å². The molecule has 3 aromatic carbocycles. The Morgan fingerprint density at radius 1 is 0.486 bits per heavy atom. The monoisotopic (exact) mass is 480 g/mol. The Labute approximate surface area is 209 Å². The molecule has 3 heteroatoms. The summed E-state index contributed by atoms with van der Waals surface area (Å²) in [6.45, 7) is 4.38. The topological polar surface area (TPSA) is 0 Å². The second kappa shape index (κ2) is 14.1. The maximum atomic E-state index is 15.0. The lowest BCUT2D eigenvalue weighted by atomic mass is 9.96. The Balaban J connectivity index is 1.66. The van der Waals surface area contributed by atoms with Crippen LogP contribution in [0.5, 0.6) is 0 Å². The minimum Gasteiger partial charge on any atom is -0.206 e. The van der Waals surface area contributed by atoms with Crippen LogP contribution in [0.1, 0.15) is 89.2 Å². The Bertz CT molecular complexity index is 1050. The first-order valence-corrected chi connectivity index (χ1v) is 13.4. The van der Waals surface area contributed by atoms with E-state index < -0.39 is 17.5 Å². The zero-order valence-corrected chi connectivity index (χ0v) is 21.3. The van der Waals surface area contributed by atoms with Gasteiger partial charge < -0.3 is 0 Å². The fourth-order valence-corrected chi connectivity index (χ4v) is 4.63. The summed E-state index contributed by atoms with van der Waals surface area (Å²) >= 11 is 0.